The Morgan fingerprint density at radius 2 is 1.90 bits per heavy atom. The molecule has 0 aliphatic rings. The van der Waals surface area contributed by atoms with Gasteiger partial charge >= 0.3 is 0 Å². The number of hydrogen-bond donors (Lipinski definition) is 1. The summed E-state index contributed by atoms with van der Waals surface area (Å²) in [5.74, 6) is 1.16. The third-order valence-electron chi connectivity index (χ3n) is 2.73. The second-order valence-corrected chi connectivity index (χ2v) is 4.81. The molecule has 1 N–H and O–H groups in total. The van der Waals surface area contributed by atoms with Gasteiger partial charge in [-0.05, 0) is 56.7 Å². The van der Waals surface area contributed by atoms with E-state index in [1.165, 1.54) is 0 Å². The van der Waals surface area contributed by atoms with Gasteiger partial charge in [-0.25, -0.2) is 4.98 Å². The van der Waals surface area contributed by atoms with Crippen molar-refractivity contribution in [1.29, 1.82) is 0 Å². The SMILES string of the molecule is Cc1cccnc1NC(=O)c1ccc(OC(C)C)cc1. The van der Waals surface area contributed by atoms with Crippen LogP contribution in [0.5, 0.6) is 5.75 Å². The molecule has 2 rings (SSSR count). The van der Waals surface area contributed by atoms with Crippen LogP contribution in [0.25, 0.3) is 0 Å². The lowest BCUT2D eigenvalue weighted by Crippen LogP contribution is -2.14. The minimum atomic E-state index is -0.178. The molecule has 0 fully saturated rings. The predicted octanol–water partition coefficient (Wildman–Crippen LogP) is 3.43. The zero-order valence-corrected chi connectivity index (χ0v) is 11.9. The summed E-state index contributed by atoms with van der Waals surface area (Å²) < 4.78 is 5.54. The van der Waals surface area contributed by atoms with Crippen molar-refractivity contribution in [2.24, 2.45) is 0 Å². The van der Waals surface area contributed by atoms with Gasteiger partial charge in [0.2, 0.25) is 0 Å². The zero-order valence-electron chi connectivity index (χ0n) is 11.9. The van der Waals surface area contributed by atoms with E-state index in [4.69, 9.17) is 4.74 Å². The second-order valence-electron chi connectivity index (χ2n) is 4.81. The maximum Gasteiger partial charge on any atom is 0.256 e. The minimum Gasteiger partial charge on any atom is -0.491 e. The normalized spacial score (nSPS) is 10.4. The van der Waals surface area contributed by atoms with E-state index < -0.39 is 0 Å². The standard InChI is InChI=1S/C16H18N2O2/c1-11(2)20-14-8-6-13(7-9-14)16(19)18-15-12(3)5-4-10-17-15/h4-11H,1-3H3,(H,17,18,19). The number of amides is 1. The van der Waals surface area contributed by atoms with E-state index in [1.807, 2.05) is 32.9 Å². The Morgan fingerprint density at radius 3 is 2.50 bits per heavy atom. The van der Waals surface area contributed by atoms with Gasteiger partial charge in [0.25, 0.3) is 5.91 Å². The number of carbonyl (C=O) groups is 1. The fourth-order valence-electron chi connectivity index (χ4n) is 1.75. The van der Waals surface area contributed by atoms with Crippen LogP contribution in [0.1, 0.15) is 29.8 Å². The van der Waals surface area contributed by atoms with Gasteiger partial charge in [0.05, 0.1) is 6.10 Å². The summed E-state index contributed by atoms with van der Waals surface area (Å²) in [5.41, 5.74) is 1.51. The topological polar surface area (TPSA) is 51.2 Å². The first-order chi connectivity index (χ1) is 9.56. The lowest BCUT2D eigenvalue weighted by atomic mass is 10.2. The van der Waals surface area contributed by atoms with Crippen LogP contribution >= 0.6 is 0 Å². The summed E-state index contributed by atoms with van der Waals surface area (Å²) in [6.45, 7) is 5.83. The second kappa shape index (κ2) is 6.19. The number of ether oxygens (including phenoxy) is 1. The predicted molar refractivity (Wildman–Crippen MR) is 79.1 cm³/mol. The maximum atomic E-state index is 12.1. The number of nitrogens with one attached hydrogen (secondary N) is 1. The van der Waals surface area contributed by atoms with Crippen molar-refractivity contribution < 1.29 is 9.53 Å². The smallest absolute Gasteiger partial charge is 0.256 e. The molecule has 2 aromatic rings. The molecule has 20 heavy (non-hydrogen) atoms. The summed E-state index contributed by atoms with van der Waals surface area (Å²) in [6, 6.07) is 10.8. The van der Waals surface area contributed by atoms with Crippen molar-refractivity contribution in [3.8, 4) is 5.75 Å². The van der Waals surface area contributed by atoms with Gasteiger partial charge in [0.1, 0.15) is 11.6 Å². The minimum absolute atomic E-state index is 0.117. The first-order valence-corrected chi connectivity index (χ1v) is 6.56. The van der Waals surface area contributed by atoms with Crippen LogP contribution in [0.15, 0.2) is 42.6 Å². The molecule has 0 saturated heterocycles. The maximum absolute atomic E-state index is 12.1. The number of aromatic nitrogens is 1. The van der Waals surface area contributed by atoms with E-state index in [9.17, 15) is 4.79 Å². The van der Waals surface area contributed by atoms with Gasteiger partial charge in [-0.15, -0.1) is 0 Å². The van der Waals surface area contributed by atoms with Gasteiger partial charge in [-0.1, -0.05) is 6.07 Å². The first-order valence-electron chi connectivity index (χ1n) is 6.56. The van der Waals surface area contributed by atoms with E-state index in [1.54, 1.807) is 30.5 Å². The molecule has 0 spiro atoms. The quantitative estimate of drug-likeness (QED) is 0.926. The highest BCUT2D eigenvalue weighted by Gasteiger charge is 2.08. The van der Waals surface area contributed by atoms with Gasteiger partial charge in [-0.2, -0.15) is 0 Å². The third-order valence-corrected chi connectivity index (χ3v) is 2.73. The molecule has 0 radical (unpaired) electrons. The van der Waals surface area contributed by atoms with Crippen molar-refractivity contribution in [2.75, 3.05) is 5.32 Å². The van der Waals surface area contributed by atoms with Crippen LogP contribution < -0.4 is 10.1 Å². The summed E-state index contributed by atoms with van der Waals surface area (Å²) >= 11 is 0. The monoisotopic (exact) mass is 270 g/mol. The molecule has 0 bridgehead atoms. The summed E-state index contributed by atoms with van der Waals surface area (Å²) in [6.07, 6.45) is 1.77. The fraction of sp³-hybridized carbons (Fsp3) is 0.250. The molecule has 1 aromatic heterocycles. The van der Waals surface area contributed by atoms with E-state index in [-0.39, 0.29) is 12.0 Å². The lowest BCUT2D eigenvalue weighted by molar-refractivity contribution is 0.102. The molecule has 1 aromatic carbocycles. The molecule has 0 saturated carbocycles. The average molecular weight is 270 g/mol. The molecule has 0 unspecified atom stereocenters. The van der Waals surface area contributed by atoms with Gasteiger partial charge < -0.3 is 10.1 Å². The highest BCUT2D eigenvalue weighted by atomic mass is 16.5. The molecule has 0 aliphatic heterocycles. The number of nitrogens with zero attached hydrogens (tertiary/aromatic N) is 1. The van der Waals surface area contributed by atoms with Crippen molar-refractivity contribution in [1.82, 2.24) is 4.98 Å². The molecule has 4 nitrogen and oxygen atoms in total. The Labute approximate surface area is 118 Å². The number of rotatable bonds is 4. The van der Waals surface area contributed by atoms with E-state index in [0.29, 0.717) is 11.4 Å². The molecular weight excluding hydrogens is 252 g/mol. The Hall–Kier alpha value is -2.36. The van der Waals surface area contributed by atoms with Crippen LogP contribution in [0, 0.1) is 6.92 Å². The number of hydrogen-bond acceptors (Lipinski definition) is 3. The van der Waals surface area contributed by atoms with Crippen molar-refractivity contribution in [2.45, 2.75) is 26.9 Å². The summed E-state index contributed by atoms with van der Waals surface area (Å²) in [7, 11) is 0. The van der Waals surface area contributed by atoms with Crippen LogP contribution in [0.3, 0.4) is 0 Å². The van der Waals surface area contributed by atoms with Gasteiger partial charge in [-0.3, -0.25) is 4.79 Å². The van der Waals surface area contributed by atoms with Gasteiger partial charge in [0.15, 0.2) is 0 Å². The molecule has 0 atom stereocenters. The van der Waals surface area contributed by atoms with Crippen LogP contribution in [0.2, 0.25) is 0 Å². The van der Waals surface area contributed by atoms with Crippen molar-refractivity contribution in [3.63, 3.8) is 0 Å². The van der Waals surface area contributed by atoms with Gasteiger partial charge in [0, 0.05) is 11.8 Å². The lowest BCUT2D eigenvalue weighted by Gasteiger charge is -2.10. The number of benzene rings is 1. The molecular formula is C16H18N2O2. The molecule has 1 heterocycles. The summed E-state index contributed by atoms with van der Waals surface area (Å²) in [5, 5.41) is 2.80. The van der Waals surface area contributed by atoms with Crippen LogP contribution in [0.4, 0.5) is 5.82 Å². The Morgan fingerprint density at radius 1 is 1.20 bits per heavy atom. The molecule has 0 aliphatic carbocycles. The fourth-order valence-corrected chi connectivity index (χ4v) is 1.75. The average Bonchev–Trinajstić information content (AvgIpc) is 2.41. The van der Waals surface area contributed by atoms with E-state index in [0.717, 1.165) is 11.3 Å². The highest BCUT2D eigenvalue weighted by Crippen LogP contribution is 2.16. The van der Waals surface area contributed by atoms with Crippen LogP contribution in [-0.4, -0.2) is 17.0 Å². The highest BCUT2D eigenvalue weighted by molar-refractivity contribution is 6.04. The van der Waals surface area contributed by atoms with Crippen molar-refractivity contribution >= 4 is 11.7 Å². The van der Waals surface area contributed by atoms with E-state index in [2.05, 4.69) is 10.3 Å². The van der Waals surface area contributed by atoms with Crippen molar-refractivity contribution in [3.05, 3.63) is 53.7 Å². The number of anilines is 1. The number of aryl methyl sites for hydroxylation is 1. The zero-order chi connectivity index (χ0) is 14.5. The Bertz CT molecular complexity index is 592. The number of pyridine rings is 1. The number of carbonyl (C=O) groups excluding carboxylic acids is 1. The largest absolute Gasteiger partial charge is 0.491 e. The van der Waals surface area contributed by atoms with E-state index >= 15 is 0 Å². The molecule has 1 amide bonds. The van der Waals surface area contributed by atoms with Crippen LogP contribution in [-0.2, 0) is 0 Å². The summed E-state index contributed by atoms with van der Waals surface area (Å²) in [4.78, 5) is 16.3. The molecule has 4 heteroatoms. The third kappa shape index (κ3) is 3.57. The molecule has 104 valence electrons. The Balaban J connectivity index is 2.08. The first kappa shape index (κ1) is 14.1. The Kier molecular flexibility index (Phi) is 4.35.